The first-order valence-electron chi connectivity index (χ1n) is 4.99. The van der Waals surface area contributed by atoms with Crippen LogP contribution in [-0.4, -0.2) is 35.7 Å². The molecule has 1 aliphatic rings. The molecule has 1 N–H and O–H groups in total. The van der Waals surface area contributed by atoms with Crippen molar-refractivity contribution in [2.75, 3.05) is 13.7 Å². The summed E-state index contributed by atoms with van der Waals surface area (Å²) in [6.07, 6.45) is 1.22. The zero-order valence-electron chi connectivity index (χ0n) is 9.04. The van der Waals surface area contributed by atoms with Crippen LogP contribution in [0.3, 0.4) is 0 Å². The van der Waals surface area contributed by atoms with Crippen molar-refractivity contribution in [1.29, 1.82) is 0 Å². The largest absolute Gasteiger partial charge is 0.395 e. The molecule has 2 nitrogen and oxygen atoms in total. The highest BCUT2D eigenvalue weighted by molar-refractivity contribution is 4.87. The normalized spacial score (nSPS) is 36.0. The SMILES string of the molecule is CC.CC1C[C@H](C)N(C)[C@@H]1CO. The summed E-state index contributed by atoms with van der Waals surface area (Å²) in [5.41, 5.74) is 0. The average molecular weight is 173 g/mol. The van der Waals surface area contributed by atoms with E-state index < -0.39 is 0 Å². The molecule has 12 heavy (non-hydrogen) atoms. The fraction of sp³-hybridized carbons (Fsp3) is 1.00. The third-order valence-corrected chi connectivity index (χ3v) is 2.78. The Morgan fingerprint density at radius 3 is 2.00 bits per heavy atom. The minimum absolute atomic E-state index is 0.308. The molecule has 3 atom stereocenters. The predicted octanol–water partition coefficient (Wildman–Crippen LogP) is 1.73. The van der Waals surface area contributed by atoms with Gasteiger partial charge in [0.25, 0.3) is 0 Å². The van der Waals surface area contributed by atoms with Crippen molar-refractivity contribution < 1.29 is 5.11 Å². The summed E-state index contributed by atoms with van der Waals surface area (Å²) in [5.74, 6) is 0.657. The van der Waals surface area contributed by atoms with Crippen LogP contribution in [0.4, 0.5) is 0 Å². The van der Waals surface area contributed by atoms with Gasteiger partial charge in [-0.05, 0) is 26.3 Å². The van der Waals surface area contributed by atoms with Gasteiger partial charge in [0.2, 0.25) is 0 Å². The van der Waals surface area contributed by atoms with Crippen LogP contribution in [0.5, 0.6) is 0 Å². The lowest BCUT2D eigenvalue weighted by Gasteiger charge is -2.22. The van der Waals surface area contributed by atoms with E-state index in [9.17, 15) is 0 Å². The van der Waals surface area contributed by atoms with Crippen LogP contribution in [0.1, 0.15) is 34.1 Å². The number of nitrogens with zero attached hydrogens (tertiary/aromatic N) is 1. The van der Waals surface area contributed by atoms with Crippen molar-refractivity contribution in [1.82, 2.24) is 4.90 Å². The Hall–Kier alpha value is -0.0800. The molecule has 0 aromatic carbocycles. The summed E-state index contributed by atoms with van der Waals surface area (Å²) < 4.78 is 0. The van der Waals surface area contributed by atoms with Crippen LogP contribution < -0.4 is 0 Å². The van der Waals surface area contributed by atoms with E-state index in [4.69, 9.17) is 5.11 Å². The van der Waals surface area contributed by atoms with Crippen molar-refractivity contribution in [2.45, 2.75) is 46.2 Å². The summed E-state index contributed by atoms with van der Waals surface area (Å²) in [4.78, 5) is 2.27. The highest BCUT2D eigenvalue weighted by Gasteiger charge is 2.32. The van der Waals surface area contributed by atoms with Crippen LogP contribution in [0.2, 0.25) is 0 Å². The molecule has 1 unspecified atom stereocenters. The van der Waals surface area contributed by atoms with Gasteiger partial charge in [-0.15, -0.1) is 0 Å². The zero-order valence-corrected chi connectivity index (χ0v) is 9.04. The van der Waals surface area contributed by atoms with E-state index in [0.717, 1.165) is 0 Å². The van der Waals surface area contributed by atoms with Gasteiger partial charge in [-0.2, -0.15) is 0 Å². The second-order valence-corrected chi connectivity index (χ2v) is 3.48. The van der Waals surface area contributed by atoms with Crippen molar-refractivity contribution >= 4 is 0 Å². The van der Waals surface area contributed by atoms with E-state index in [1.807, 2.05) is 13.8 Å². The molecule has 0 bridgehead atoms. The Bertz CT molecular complexity index is 116. The minimum Gasteiger partial charge on any atom is -0.395 e. The molecule has 1 rings (SSSR count). The standard InChI is InChI=1S/C8H17NO.C2H6/c1-6-4-7(2)9(3)8(6)5-10;1-2/h6-8,10H,4-5H2,1-3H3;1-2H3/t6?,7-,8+;/m0./s1. The molecule has 1 fully saturated rings. The molecule has 0 aromatic heterocycles. The van der Waals surface area contributed by atoms with Crippen molar-refractivity contribution in [3.8, 4) is 0 Å². The van der Waals surface area contributed by atoms with Gasteiger partial charge in [-0.1, -0.05) is 20.8 Å². The number of aliphatic hydroxyl groups excluding tert-OH is 1. The Morgan fingerprint density at radius 2 is 1.83 bits per heavy atom. The summed E-state index contributed by atoms with van der Waals surface area (Å²) in [6, 6.07) is 1.04. The molecular weight excluding hydrogens is 150 g/mol. The van der Waals surface area contributed by atoms with E-state index in [0.29, 0.717) is 24.6 Å². The predicted molar refractivity (Wildman–Crippen MR) is 53.2 cm³/mol. The minimum atomic E-state index is 0.308. The van der Waals surface area contributed by atoms with Crippen LogP contribution in [0.25, 0.3) is 0 Å². The Kier molecular flexibility index (Phi) is 5.51. The summed E-state index contributed by atoms with van der Waals surface area (Å²) in [6.45, 7) is 8.73. The highest BCUT2D eigenvalue weighted by atomic mass is 16.3. The quantitative estimate of drug-likeness (QED) is 0.653. The monoisotopic (exact) mass is 173 g/mol. The lowest BCUT2D eigenvalue weighted by molar-refractivity contribution is 0.144. The van der Waals surface area contributed by atoms with Crippen LogP contribution in [-0.2, 0) is 0 Å². The molecule has 74 valence electrons. The third kappa shape index (κ3) is 2.46. The topological polar surface area (TPSA) is 23.5 Å². The maximum atomic E-state index is 8.98. The molecule has 1 heterocycles. The molecule has 0 spiro atoms. The zero-order chi connectivity index (χ0) is 9.72. The number of hydrogen-bond acceptors (Lipinski definition) is 2. The van der Waals surface area contributed by atoms with E-state index in [-0.39, 0.29) is 0 Å². The first kappa shape index (κ1) is 11.9. The second-order valence-electron chi connectivity index (χ2n) is 3.48. The molecule has 1 saturated heterocycles. The van der Waals surface area contributed by atoms with E-state index in [1.54, 1.807) is 0 Å². The molecule has 2 heteroatoms. The van der Waals surface area contributed by atoms with Gasteiger partial charge in [-0.3, -0.25) is 4.90 Å². The molecular formula is C10H23NO. The second kappa shape index (κ2) is 5.55. The molecule has 1 aliphatic heterocycles. The van der Waals surface area contributed by atoms with Crippen molar-refractivity contribution in [3.05, 3.63) is 0 Å². The molecule has 0 aliphatic carbocycles. The summed E-state index contributed by atoms with van der Waals surface area (Å²) in [7, 11) is 2.09. The maximum absolute atomic E-state index is 8.98. The lowest BCUT2D eigenvalue weighted by Crippen LogP contribution is -2.34. The summed E-state index contributed by atoms with van der Waals surface area (Å²) in [5, 5.41) is 8.98. The third-order valence-electron chi connectivity index (χ3n) is 2.78. The first-order valence-corrected chi connectivity index (χ1v) is 4.99. The van der Waals surface area contributed by atoms with Crippen LogP contribution in [0.15, 0.2) is 0 Å². The first-order chi connectivity index (χ1) is 5.66. The molecule has 0 amide bonds. The Labute approximate surface area is 76.6 Å². The smallest absolute Gasteiger partial charge is 0.0589 e. The number of likely N-dealkylation sites (tertiary alicyclic amines) is 1. The summed E-state index contributed by atoms with van der Waals surface area (Å²) >= 11 is 0. The number of likely N-dealkylation sites (N-methyl/N-ethyl adjacent to an activating group) is 1. The van der Waals surface area contributed by atoms with Crippen LogP contribution >= 0.6 is 0 Å². The van der Waals surface area contributed by atoms with Gasteiger partial charge < -0.3 is 5.11 Å². The fourth-order valence-corrected chi connectivity index (χ4v) is 1.90. The van der Waals surface area contributed by atoms with Crippen molar-refractivity contribution in [3.63, 3.8) is 0 Å². The fourth-order valence-electron chi connectivity index (χ4n) is 1.90. The van der Waals surface area contributed by atoms with Gasteiger partial charge in [0, 0.05) is 12.1 Å². The van der Waals surface area contributed by atoms with E-state index in [2.05, 4.69) is 25.8 Å². The molecule has 0 aromatic rings. The highest BCUT2D eigenvalue weighted by Crippen LogP contribution is 2.26. The van der Waals surface area contributed by atoms with Crippen LogP contribution in [0, 0.1) is 5.92 Å². The molecule has 0 saturated carbocycles. The van der Waals surface area contributed by atoms with E-state index in [1.165, 1.54) is 6.42 Å². The number of aliphatic hydroxyl groups is 1. The van der Waals surface area contributed by atoms with Crippen molar-refractivity contribution in [2.24, 2.45) is 5.92 Å². The Balaban J connectivity index is 0.000000561. The Morgan fingerprint density at radius 1 is 1.33 bits per heavy atom. The number of rotatable bonds is 1. The lowest BCUT2D eigenvalue weighted by atomic mass is 10.0. The van der Waals surface area contributed by atoms with Gasteiger partial charge in [-0.25, -0.2) is 0 Å². The molecule has 0 radical (unpaired) electrons. The average Bonchev–Trinajstić information content (AvgIpc) is 2.31. The van der Waals surface area contributed by atoms with Gasteiger partial charge in [0.05, 0.1) is 6.61 Å². The van der Waals surface area contributed by atoms with Gasteiger partial charge >= 0.3 is 0 Å². The van der Waals surface area contributed by atoms with Gasteiger partial charge in [0.15, 0.2) is 0 Å². The maximum Gasteiger partial charge on any atom is 0.0589 e. The van der Waals surface area contributed by atoms with E-state index >= 15 is 0 Å². The van der Waals surface area contributed by atoms with Gasteiger partial charge in [0.1, 0.15) is 0 Å². The number of hydrogen-bond donors (Lipinski definition) is 1.